The monoisotopic (exact) mass is 622 g/mol. The van der Waals surface area contributed by atoms with Crippen molar-refractivity contribution >= 4 is 35.4 Å². The Kier molecular flexibility index (Phi) is 13.4. The first-order valence-electron chi connectivity index (χ1n) is 15.0. The number of imidazole rings is 1. The van der Waals surface area contributed by atoms with E-state index in [1.807, 2.05) is 36.4 Å². The van der Waals surface area contributed by atoms with E-state index in [2.05, 4.69) is 41.5 Å². The van der Waals surface area contributed by atoms with Crippen LogP contribution >= 0.6 is 23.7 Å². The number of rotatable bonds is 17. The number of thioether (sulfide) groups is 1. The molecule has 4 rings (SSSR count). The molecule has 3 aromatic carbocycles. The first-order chi connectivity index (χ1) is 21.0. The molecule has 2 N–H and O–H groups in total. The summed E-state index contributed by atoms with van der Waals surface area (Å²) in [6.07, 6.45) is 8.48. The smallest absolute Gasteiger partial charge is 0.331 e. The third kappa shape index (κ3) is 10.4. The van der Waals surface area contributed by atoms with Crippen molar-refractivity contribution in [1.82, 2.24) is 14.3 Å². The molecule has 0 spiro atoms. The Hall–Kier alpha value is -3.30. The van der Waals surface area contributed by atoms with Crippen LogP contribution in [-0.4, -0.2) is 38.4 Å². The zero-order valence-electron chi connectivity index (χ0n) is 24.7. The largest absolute Gasteiger partial charge is 0.332 e. The highest BCUT2D eigenvalue weighted by Crippen LogP contribution is 2.33. The molecule has 0 fully saturated rings. The van der Waals surface area contributed by atoms with Gasteiger partial charge in [0, 0.05) is 35.2 Å². The predicted molar refractivity (Wildman–Crippen MR) is 177 cm³/mol. The van der Waals surface area contributed by atoms with E-state index in [1.54, 1.807) is 16.1 Å². The second-order valence-corrected chi connectivity index (χ2v) is 12.5. The summed E-state index contributed by atoms with van der Waals surface area (Å²) >= 11 is 3.18. The number of anilines is 1. The van der Waals surface area contributed by atoms with Crippen LogP contribution in [0, 0.1) is 11.6 Å². The number of unbranched alkanes of at least 4 members (excludes halogenated alkanes) is 6. The van der Waals surface area contributed by atoms with Crippen LogP contribution in [0.25, 0.3) is 22.5 Å². The molecule has 228 valence electrons. The molecule has 5 nitrogen and oxygen atoms in total. The van der Waals surface area contributed by atoms with Crippen LogP contribution in [0.15, 0.2) is 84.0 Å². The van der Waals surface area contributed by atoms with Gasteiger partial charge in [-0.05, 0) is 43.3 Å². The quantitative estimate of drug-likeness (QED) is 0.0699. The van der Waals surface area contributed by atoms with Crippen molar-refractivity contribution in [3.8, 4) is 22.5 Å². The van der Waals surface area contributed by atoms with Crippen LogP contribution in [0.1, 0.15) is 58.3 Å². The molecule has 0 unspecified atom stereocenters. The molecule has 0 aliphatic rings. The van der Waals surface area contributed by atoms with Crippen LogP contribution in [0.4, 0.5) is 19.3 Å². The Morgan fingerprint density at radius 2 is 1.51 bits per heavy atom. The van der Waals surface area contributed by atoms with Crippen LogP contribution in [-0.2, 0) is 0 Å². The van der Waals surface area contributed by atoms with Gasteiger partial charge in [0.1, 0.15) is 11.6 Å². The van der Waals surface area contributed by atoms with Crippen molar-refractivity contribution in [2.45, 2.75) is 63.4 Å². The van der Waals surface area contributed by atoms with Gasteiger partial charge in [0.05, 0.1) is 17.1 Å². The van der Waals surface area contributed by atoms with E-state index >= 15 is 0 Å². The van der Waals surface area contributed by atoms with Crippen LogP contribution in [0.3, 0.4) is 0 Å². The normalized spacial score (nSPS) is 11.0. The maximum atomic E-state index is 14.2. The van der Waals surface area contributed by atoms with Crippen molar-refractivity contribution in [3.05, 3.63) is 90.5 Å². The van der Waals surface area contributed by atoms with E-state index in [9.17, 15) is 13.6 Å². The Morgan fingerprint density at radius 3 is 2.23 bits per heavy atom. The summed E-state index contributed by atoms with van der Waals surface area (Å²) in [6, 6.07) is 23.3. The molecule has 0 saturated heterocycles. The number of hydrogen-bond donors (Lipinski definition) is 2. The van der Waals surface area contributed by atoms with Crippen molar-refractivity contribution in [3.63, 3.8) is 0 Å². The van der Waals surface area contributed by atoms with Gasteiger partial charge >= 0.3 is 6.03 Å². The van der Waals surface area contributed by atoms with Gasteiger partial charge in [0.15, 0.2) is 5.16 Å². The van der Waals surface area contributed by atoms with Gasteiger partial charge in [-0.25, -0.2) is 18.6 Å². The molecular formula is C34H40F2N4OS2. The highest BCUT2D eigenvalue weighted by Gasteiger charge is 2.17. The average Bonchev–Trinajstić information content (AvgIpc) is 3.46. The van der Waals surface area contributed by atoms with Crippen molar-refractivity contribution < 1.29 is 13.6 Å². The highest BCUT2D eigenvalue weighted by molar-refractivity contribution is 7.99. The Balaban J connectivity index is 1.28. The number of benzene rings is 3. The highest BCUT2D eigenvalue weighted by atomic mass is 32.2. The van der Waals surface area contributed by atoms with E-state index in [0.717, 1.165) is 83.4 Å². The third-order valence-electron chi connectivity index (χ3n) is 6.93. The number of aromatic amines is 1. The van der Waals surface area contributed by atoms with Gasteiger partial charge in [-0.1, -0.05) is 111 Å². The molecule has 0 atom stereocenters. The lowest BCUT2D eigenvalue weighted by atomic mass is 10.1. The Labute approximate surface area is 262 Å². The molecule has 2 amide bonds. The molecule has 1 aromatic heterocycles. The van der Waals surface area contributed by atoms with E-state index in [4.69, 9.17) is 4.98 Å². The van der Waals surface area contributed by atoms with Gasteiger partial charge < -0.3 is 10.3 Å². The minimum absolute atomic E-state index is 0.0143. The summed E-state index contributed by atoms with van der Waals surface area (Å²) in [5.74, 6) is 0.269. The van der Waals surface area contributed by atoms with Gasteiger partial charge in [-0.15, -0.1) is 0 Å². The maximum Gasteiger partial charge on any atom is 0.331 e. The number of carbonyl (C=O) groups excluding carboxylic acids is 1. The number of H-pyrrole nitrogens is 1. The molecule has 0 radical (unpaired) electrons. The number of urea groups is 1. The molecule has 0 bridgehead atoms. The number of nitrogens with zero attached hydrogens (tertiary/aromatic N) is 2. The van der Waals surface area contributed by atoms with Gasteiger partial charge in [-0.2, -0.15) is 0 Å². The topological polar surface area (TPSA) is 61.0 Å². The molecular weight excluding hydrogens is 583 g/mol. The van der Waals surface area contributed by atoms with Crippen molar-refractivity contribution in [2.24, 2.45) is 0 Å². The summed E-state index contributed by atoms with van der Waals surface area (Å²) in [5.41, 5.74) is 4.12. The molecule has 0 aliphatic carbocycles. The third-order valence-corrected chi connectivity index (χ3v) is 9.02. The first-order valence-corrected chi connectivity index (χ1v) is 17.0. The van der Waals surface area contributed by atoms with Crippen LogP contribution in [0.5, 0.6) is 0 Å². The Morgan fingerprint density at radius 1 is 0.837 bits per heavy atom. The van der Waals surface area contributed by atoms with E-state index in [-0.39, 0.29) is 11.7 Å². The second kappa shape index (κ2) is 17.7. The number of halogens is 2. The fourth-order valence-electron chi connectivity index (χ4n) is 4.62. The zero-order valence-corrected chi connectivity index (χ0v) is 26.3. The lowest BCUT2D eigenvalue weighted by molar-refractivity contribution is 0.238. The summed E-state index contributed by atoms with van der Waals surface area (Å²) in [5, 5.41) is 3.50. The van der Waals surface area contributed by atoms with Gasteiger partial charge in [0.2, 0.25) is 0 Å². The molecule has 1 heterocycles. The molecule has 43 heavy (non-hydrogen) atoms. The van der Waals surface area contributed by atoms with Gasteiger partial charge in [0.25, 0.3) is 0 Å². The predicted octanol–water partition coefficient (Wildman–Crippen LogP) is 10.4. The molecule has 0 aliphatic heterocycles. The SMILES string of the molecule is CCCCCCCSN(CCCCCSc1nc(-c2ccccc2)c(-c2ccccc2)[nH]1)C(=O)Nc1ccc(F)cc1F. The minimum atomic E-state index is -0.779. The fraction of sp³-hybridized carbons (Fsp3) is 0.353. The number of amides is 2. The van der Waals surface area contributed by atoms with E-state index in [0.29, 0.717) is 6.54 Å². The summed E-state index contributed by atoms with van der Waals surface area (Å²) in [4.78, 5) is 21.5. The number of carbonyl (C=O) groups is 1. The van der Waals surface area contributed by atoms with Crippen LogP contribution in [0.2, 0.25) is 0 Å². The minimum Gasteiger partial charge on any atom is -0.332 e. The van der Waals surface area contributed by atoms with E-state index in [1.165, 1.54) is 37.3 Å². The molecule has 0 saturated carbocycles. The van der Waals surface area contributed by atoms with Crippen molar-refractivity contribution in [2.75, 3.05) is 23.4 Å². The molecule has 4 aromatic rings. The van der Waals surface area contributed by atoms with Crippen LogP contribution < -0.4 is 5.32 Å². The summed E-state index contributed by atoms with van der Waals surface area (Å²) in [6.45, 7) is 2.74. The standard InChI is InChI=1S/C34H40F2N4OS2/c1-2-3-4-5-15-24-43-40(34(41)37-30-21-20-28(35)25-29(30)36)22-13-8-14-23-42-33-38-31(26-16-9-6-10-17-26)32(39-33)27-18-11-7-12-19-27/h6-7,9-12,16-21,25H,2-5,8,13-15,22-24H2,1H3,(H,37,41)(H,38,39). The number of nitrogens with one attached hydrogen (secondary N) is 2. The number of hydrogen-bond acceptors (Lipinski definition) is 4. The average molecular weight is 623 g/mol. The van der Waals surface area contributed by atoms with E-state index < -0.39 is 11.6 Å². The first kappa shape index (κ1) is 32.6. The maximum absolute atomic E-state index is 14.2. The Bertz CT molecular complexity index is 1350. The fourth-order valence-corrected chi connectivity index (χ4v) is 6.46. The summed E-state index contributed by atoms with van der Waals surface area (Å²) < 4.78 is 29.2. The lowest BCUT2D eigenvalue weighted by Crippen LogP contribution is -2.31. The number of aromatic nitrogens is 2. The van der Waals surface area contributed by atoms with Gasteiger partial charge in [-0.3, -0.25) is 4.31 Å². The zero-order chi connectivity index (χ0) is 30.3. The molecule has 9 heteroatoms. The second-order valence-electron chi connectivity index (χ2n) is 10.3. The summed E-state index contributed by atoms with van der Waals surface area (Å²) in [7, 11) is 0. The van der Waals surface area contributed by atoms with Crippen molar-refractivity contribution in [1.29, 1.82) is 0 Å². The lowest BCUT2D eigenvalue weighted by Gasteiger charge is -2.22.